The van der Waals surface area contributed by atoms with Crippen molar-refractivity contribution in [1.29, 1.82) is 0 Å². The first-order chi connectivity index (χ1) is 11.3. The van der Waals surface area contributed by atoms with E-state index in [1.54, 1.807) is 0 Å². The highest BCUT2D eigenvalue weighted by Gasteiger charge is 2.44. The minimum atomic E-state index is -0.159. The molecule has 3 nitrogen and oxygen atoms in total. The van der Waals surface area contributed by atoms with Crippen LogP contribution in [0.4, 0.5) is 5.69 Å². The van der Waals surface area contributed by atoms with Gasteiger partial charge in [0.15, 0.2) is 11.6 Å². The van der Waals surface area contributed by atoms with Crippen LogP contribution < -0.4 is 4.90 Å². The average molecular weight is 305 g/mol. The normalized spacial score (nSPS) is 22.6. The van der Waals surface area contributed by atoms with Crippen LogP contribution in [0.25, 0.3) is 0 Å². The molecule has 0 N–H and O–H groups in total. The fourth-order valence-corrected chi connectivity index (χ4v) is 4.01. The van der Waals surface area contributed by atoms with E-state index in [2.05, 4.69) is 6.07 Å². The SMILES string of the molecule is O=C(CN1c2ccccc2C2CCCC(=O)C21)c1ccccc1. The Labute approximate surface area is 135 Å². The number of hydrogen-bond acceptors (Lipinski definition) is 3. The molecule has 2 unspecified atom stereocenters. The zero-order chi connectivity index (χ0) is 15.8. The largest absolute Gasteiger partial charge is 0.353 e. The minimum Gasteiger partial charge on any atom is -0.353 e. The highest BCUT2D eigenvalue weighted by Crippen LogP contribution is 2.46. The quantitative estimate of drug-likeness (QED) is 0.813. The summed E-state index contributed by atoms with van der Waals surface area (Å²) in [4.78, 5) is 27.2. The van der Waals surface area contributed by atoms with E-state index >= 15 is 0 Å². The molecular formula is C20H19NO2. The molecule has 0 bridgehead atoms. The van der Waals surface area contributed by atoms with Gasteiger partial charge in [0.05, 0.1) is 12.6 Å². The molecule has 4 rings (SSSR count). The van der Waals surface area contributed by atoms with E-state index < -0.39 is 0 Å². The van der Waals surface area contributed by atoms with Gasteiger partial charge in [-0.15, -0.1) is 0 Å². The second-order valence-corrected chi connectivity index (χ2v) is 6.39. The molecule has 0 amide bonds. The van der Waals surface area contributed by atoms with Crippen LogP contribution in [0.3, 0.4) is 0 Å². The molecule has 3 heteroatoms. The van der Waals surface area contributed by atoms with Gasteiger partial charge in [-0.3, -0.25) is 9.59 Å². The zero-order valence-corrected chi connectivity index (χ0v) is 12.9. The molecule has 2 aliphatic rings. The van der Waals surface area contributed by atoms with Gasteiger partial charge in [0, 0.05) is 23.6 Å². The minimum absolute atomic E-state index is 0.0689. The summed E-state index contributed by atoms with van der Waals surface area (Å²) in [5.74, 6) is 0.591. The summed E-state index contributed by atoms with van der Waals surface area (Å²) >= 11 is 0. The third-order valence-corrected chi connectivity index (χ3v) is 5.04. The van der Waals surface area contributed by atoms with E-state index in [0.29, 0.717) is 12.0 Å². The van der Waals surface area contributed by atoms with Gasteiger partial charge in [-0.2, -0.15) is 0 Å². The lowest BCUT2D eigenvalue weighted by atomic mass is 9.81. The standard InChI is InChI=1S/C20H19NO2/c22-18-12-6-10-16-15-9-4-5-11-17(15)21(20(16)18)13-19(23)14-7-2-1-3-8-14/h1-5,7-9,11,16,20H,6,10,12-13H2. The molecule has 1 heterocycles. The molecule has 0 radical (unpaired) electrons. The number of rotatable bonds is 3. The summed E-state index contributed by atoms with van der Waals surface area (Å²) in [6, 6.07) is 17.3. The van der Waals surface area contributed by atoms with Crippen molar-refractivity contribution < 1.29 is 9.59 Å². The van der Waals surface area contributed by atoms with Gasteiger partial charge in [-0.1, -0.05) is 48.5 Å². The predicted molar refractivity (Wildman–Crippen MR) is 89.9 cm³/mol. The van der Waals surface area contributed by atoms with E-state index in [0.717, 1.165) is 18.5 Å². The van der Waals surface area contributed by atoms with Crippen molar-refractivity contribution in [2.75, 3.05) is 11.4 Å². The number of carbonyl (C=O) groups excluding carboxylic acids is 2. The average Bonchev–Trinajstić information content (AvgIpc) is 2.91. The molecule has 23 heavy (non-hydrogen) atoms. The summed E-state index contributed by atoms with van der Waals surface area (Å²) < 4.78 is 0. The first-order valence-corrected chi connectivity index (χ1v) is 8.22. The van der Waals surface area contributed by atoms with Gasteiger partial charge < -0.3 is 4.90 Å². The summed E-state index contributed by atoms with van der Waals surface area (Å²) in [6.07, 6.45) is 2.61. The number of para-hydroxylation sites is 1. The number of benzene rings is 2. The molecule has 0 saturated heterocycles. The maximum Gasteiger partial charge on any atom is 0.182 e. The molecule has 0 aromatic heterocycles. The molecule has 1 saturated carbocycles. The Morgan fingerprint density at radius 3 is 2.61 bits per heavy atom. The van der Waals surface area contributed by atoms with Crippen molar-refractivity contribution in [3.05, 3.63) is 65.7 Å². The number of Topliss-reactive ketones (excluding diaryl/α,β-unsaturated/α-hetero) is 2. The van der Waals surface area contributed by atoms with E-state index in [1.165, 1.54) is 5.56 Å². The summed E-state index contributed by atoms with van der Waals surface area (Å²) in [6.45, 7) is 0.272. The van der Waals surface area contributed by atoms with Crippen molar-refractivity contribution in [2.24, 2.45) is 0 Å². The van der Waals surface area contributed by atoms with E-state index in [4.69, 9.17) is 0 Å². The van der Waals surface area contributed by atoms with Gasteiger partial charge in [0.1, 0.15) is 0 Å². The van der Waals surface area contributed by atoms with Crippen LogP contribution in [-0.2, 0) is 4.79 Å². The molecule has 0 spiro atoms. The Hall–Kier alpha value is -2.42. The summed E-state index contributed by atoms with van der Waals surface area (Å²) in [5.41, 5.74) is 2.99. The van der Waals surface area contributed by atoms with Crippen molar-refractivity contribution in [2.45, 2.75) is 31.2 Å². The highest BCUT2D eigenvalue weighted by molar-refractivity contribution is 6.02. The van der Waals surface area contributed by atoms with Gasteiger partial charge in [0.2, 0.25) is 0 Å². The van der Waals surface area contributed by atoms with Gasteiger partial charge in [-0.05, 0) is 24.5 Å². The van der Waals surface area contributed by atoms with Crippen LogP contribution in [0.1, 0.15) is 41.1 Å². The maximum absolute atomic E-state index is 12.6. The second-order valence-electron chi connectivity index (χ2n) is 6.39. The third-order valence-electron chi connectivity index (χ3n) is 5.04. The van der Waals surface area contributed by atoms with Crippen LogP contribution in [0.5, 0.6) is 0 Å². The first kappa shape index (κ1) is 14.2. The number of carbonyl (C=O) groups is 2. The molecule has 2 atom stereocenters. The lowest BCUT2D eigenvalue weighted by molar-refractivity contribution is -0.122. The molecule has 2 aromatic carbocycles. The maximum atomic E-state index is 12.6. The lowest BCUT2D eigenvalue weighted by Crippen LogP contribution is -2.45. The molecule has 1 aliphatic heterocycles. The van der Waals surface area contributed by atoms with Crippen LogP contribution in [-0.4, -0.2) is 24.2 Å². The van der Waals surface area contributed by atoms with Crippen LogP contribution >= 0.6 is 0 Å². The molecule has 2 aromatic rings. The monoisotopic (exact) mass is 305 g/mol. The first-order valence-electron chi connectivity index (χ1n) is 8.22. The predicted octanol–water partition coefficient (Wildman–Crippen LogP) is 3.59. The summed E-state index contributed by atoms with van der Waals surface area (Å²) in [5, 5.41) is 0. The van der Waals surface area contributed by atoms with Crippen LogP contribution in [0, 0.1) is 0 Å². The molecule has 1 aliphatic carbocycles. The smallest absolute Gasteiger partial charge is 0.182 e. The molecular weight excluding hydrogens is 286 g/mol. The number of hydrogen-bond donors (Lipinski definition) is 0. The zero-order valence-electron chi connectivity index (χ0n) is 12.9. The van der Waals surface area contributed by atoms with Crippen molar-refractivity contribution in [3.63, 3.8) is 0 Å². The number of anilines is 1. The number of ketones is 2. The number of fused-ring (bicyclic) bond motifs is 3. The second kappa shape index (κ2) is 5.65. The van der Waals surface area contributed by atoms with Crippen LogP contribution in [0.2, 0.25) is 0 Å². The Morgan fingerprint density at radius 2 is 1.78 bits per heavy atom. The Kier molecular flexibility index (Phi) is 3.49. The van der Waals surface area contributed by atoms with Crippen molar-refractivity contribution >= 4 is 17.3 Å². The van der Waals surface area contributed by atoms with Gasteiger partial charge in [0.25, 0.3) is 0 Å². The van der Waals surface area contributed by atoms with Gasteiger partial charge in [-0.25, -0.2) is 0 Å². The van der Waals surface area contributed by atoms with Crippen molar-refractivity contribution in [3.8, 4) is 0 Å². The topological polar surface area (TPSA) is 37.4 Å². The Morgan fingerprint density at radius 1 is 1.04 bits per heavy atom. The fourth-order valence-electron chi connectivity index (χ4n) is 4.01. The van der Waals surface area contributed by atoms with E-state index in [9.17, 15) is 9.59 Å². The van der Waals surface area contributed by atoms with E-state index in [-0.39, 0.29) is 30.1 Å². The Bertz CT molecular complexity index is 753. The molecule has 1 fully saturated rings. The van der Waals surface area contributed by atoms with E-state index in [1.807, 2.05) is 53.4 Å². The fraction of sp³-hybridized carbons (Fsp3) is 0.300. The highest BCUT2D eigenvalue weighted by atomic mass is 16.1. The lowest BCUT2D eigenvalue weighted by Gasteiger charge is -2.31. The third kappa shape index (κ3) is 2.37. The van der Waals surface area contributed by atoms with Crippen LogP contribution in [0.15, 0.2) is 54.6 Å². The number of nitrogens with zero attached hydrogens (tertiary/aromatic N) is 1. The Balaban J connectivity index is 1.69. The van der Waals surface area contributed by atoms with Crippen molar-refractivity contribution in [1.82, 2.24) is 0 Å². The van der Waals surface area contributed by atoms with Gasteiger partial charge >= 0.3 is 0 Å². The molecule has 116 valence electrons. The summed E-state index contributed by atoms with van der Waals surface area (Å²) in [7, 11) is 0.